The number of carbonyl (C=O) groups is 7. The predicted molar refractivity (Wildman–Crippen MR) is 335 cm³/mol. The molecule has 1 rings (SSSR count). The largest absolute Gasteiger partial charge is 3.00 e. The van der Waals surface area contributed by atoms with Crippen molar-refractivity contribution in [2.75, 3.05) is 111 Å². The zero-order chi connectivity index (χ0) is 63.1. The van der Waals surface area contributed by atoms with Crippen molar-refractivity contribution in [1.29, 1.82) is 0 Å². The van der Waals surface area contributed by atoms with E-state index in [1.807, 2.05) is 4.90 Å². The van der Waals surface area contributed by atoms with Crippen LogP contribution in [0.5, 0.6) is 0 Å². The number of esters is 2. The van der Waals surface area contributed by atoms with Crippen LogP contribution < -0.4 is 10.6 Å². The number of carboxylic acid groups (broad SMARTS) is 3. The van der Waals surface area contributed by atoms with E-state index in [4.69, 9.17) is 18.5 Å². The summed E-state index contributed by atoms with van der Waals surface area (Å²) in [5.74, 6) is -4.65. The third-order valence-corrected chi connectivity index (χ3v) is 16.6. The van der Waals surface area contributed by atoms with Crippen LogP contribution in [0.2, 0.25) is 0 Å². The van der Waals surface area contributed by atoms with Crippen LogP contribution in [-0.4, -0.2) is 199 Å². The van der Waals surface area contributed by atoms with Crippen LogP contribution in [0.3, 0.4) is 0 Å². The van der Waals surface area contributed by atoms with Gasteiger partial charge >= 0.3 is 77.6 Å². The Balaban J connectivity index is 0.0000740. The summed E-state index contributed by atoms with van der Waals surface area (Å²) in [6.07, 6.45) is 37.2. The van der Waals surface area contributed by atoms with E-state index in [-0.39, 0.29) is 143 Å². The molecule has 6 N–H and O–H groups in total. The zero-order valence-corrected chi connectivity index (χ0v) is 57.0. The van der Waals surface area contributed by atoms with Crippen LogP contribution in [0, 0.1) is 39.9 Å². The molecule has 1 unspecified atom stereocenters. The number of phosphoric ester groups is 1. The SMILES string of the molecule is CCCCCCCCCCCCCCCCCC(=O)OC[C@H](COP(=O)(O)OCCNC(=O)CCCCCNC(=O)CN1CCN(CC(=O)O)CCN(CC(=O)O)CCN(CC(=O)O)CC1)OC(=O)CCCCCCCCCCCCCCCCC.[Gd+3]. The fourth-order valence-electron chi connectivity index (χ4n) is 10.4. The number of aliphatic carboxylic acids is 3. The van der Waals surface area contributed by atoms with Gasteiger partial charge in [-0.1, -0.05) is 200 Å². The molecule has 0 aliphatic carbocycles. The molecule has 0 aromatic heterocycles. The molecule has 1 aliphatic rings. The number of hydrogen-bond acceptors (Lipinski definition) is 16. The van der Waals surface area contributed by atoms with Gasteiger partial charge in [0.15, 0.2) is 6.10 Å². The van der Waals surface area contributed by atoms with Gasteiger partial charge in [-0.15, -0.1) is 0 Å². The number of rotatable bonds is 56. The van der Waals surface area contributed by atoms with Gasteiger partial charge in [0.2, 0.25) is 11.8 Å². The molecule has 2 amide bonds. The van der Waals surface area contributed by atoms with Crippen LogP contribution in [0.1, 0.15) is 245 Å². The second-order valence-corrected chi connectivity index (χ2v) is 25.0. The Kier molecular flexibility index (Phi) is 57.0. The van der Waals surface area contributed by atoms with Gasteiger partial charge in [0.05, 0.1) is 39.4 Å². The summed E-state index contributed by atoms with van der Waals surface area (Å²) in [6.45, 7) is 5.01. The number of carbonyl (C=O) groups excluding carboxylic acids is 4. The molecule has 87 heavy (non-hydrogen) atoms. The first kappa shape index (κ1) is 84.6. The number of unbranched alkanes of at least 4 members (excludes halogenated alkanes) is 30. The van der Waals surface area contributed by atoms with Crippen molar-refractivity contribution >= 4 is 49.5 Å². The molecule has 24 heteroatoms. The molecule has 1 radical (unpaired) electrons. The number of hydrogen-bond donors (Lipinski definition) is 6. The van der Waals surface area contributed by atoms with Gasteiger partial charge in [0.25, 0.3) is 0 Å². The maximum atomic E-state index is 13.0. The monoisotopic (exact) mass is 1400 g/mol. The summed E-state index contributed by atoms with van der Waals surface area (Å²) in [5, 5.41) is 33.9. The van der Waals surface area contributed by atoms with Gasteiger partial charge in [-0.2, -0.15) is 0 Å². The maximum Gasteiger partial charge on any atom is 3.00 e. The molecule has 0 saturated carbocycles. The van der Waals surface area contributed by atoms with Crippen molar-refractivity contribution < 1.29 is 117 Å². The first-order valence-electron chi connectivity index (χ1n) is 33.6. The van der Waals surface area contributed by atoms with E-state index in [1.54, 1.807) is 14.7 Å². The standard InChI is InChI=1S/C63H119N6O16P.Gd/c1-3-5-7-9-11-13-15-17-19-21-23-25-27-29-33-37-62(78)82-54-56(85-63(79)38-34-30-28-26-24-22-20-18-16-14-12-10-8-6-4-2)55-84-86(80,81)83-49-40-65-57(70)36-32-31-35-39-64-58(71)50-66-41-43-67(51-59(72)73)45-47-69(53-61(76)77)48-46-68(44-42-66)52-60(74)75;/h56H,3-55H2,1-2H3,(H,64,71)(H,65,70)(H,72,73)(H,74,75)(H,76,77)(H,80,81);/q;+3/t56-;/m1./s1. The molecule has 22 nitrogen and oxygen atoms in total. The van der Waals surface area contributed by atoms with Gasteiger partial charge in [-0.3, -0.25) is 62.2 Å². The molecule has 1 saturated heterocycles. The first-order chi connectivity index (χ1) is 41.5. The van der Waals surface area contributed by atoms with Crippen LogP contribution in [0.15, 0.2) is 0 Å². The number of nitrogens with zero attached hydrogens (tertiary/aromatic N) is 4. The number of ether oxygens (including phenoxy) is 2. The van der Waals surface area contributed by atoms with Gasteiger partial charge < -0.3 is 40.3 Å². The third-order valence-electron chi connectivity index (χ3n) is 15.6. The number of phosphoric acid groups is 1. The predicted octanol–water partition coefficient (Wildman–Crippen LogP) is 10.4. The summed E-state index contributed by atoms with van der Waals surface area (Å²) >= 11 is 0. The van der Waals surface area contributed by atoms with E-state index in [0.717, 1.165) is 38.5 Å². The number of nitrogens with one attached hydrogen (secondary N) is 2. The molecule has 1 heterocycles. The third kappa shape index (κ3) is 56.1. The van der Waals surface area contributed by atoms with Crippen molar-refractivity contribution in [2.45, 2.75) is 251 Å². The summed E-state index contributed by atoms with van der Waals surface area (Å²) in [4.78, 5) is 103. The van der Waals surface area contributed by atoms with Gasteiger partial charge in [-0.25, -0.2) is 4.57 Å². The molecule has 0 aromatic carbocycles. The summed E-state index contributed by atoms with van der Waals surface area (Å²) < 4.78 is 34.3. The van der Waals surface area contributed by atoms with E-state index >= 15 is 0 Å². The Morgan fingerprint density at radius 2 is 0.724 bits per heavy atom. The topological polar surface area (TPSA) is 291 Å². The minimum atomic E-state index is -4.67. The van der Waals surface area contributed by atoms with Crippen LogP contribution in [-0.2, 0) is 56.6 Å². The summed E-state index contributed by atoms with van der Waals surface area (Å²) in [7, 11) is -4.67. The molecule has 0 aromatic rings. The van der Waals surface area contributed by atoms with Crippen LogP contribution in [0.4, 0.5) is 0 Å². The Hall–Kier alpha value is -2.44. The quantitative estimate of drug-likeness (QED) is 0.0187. The number of amides is 2. The van der Waals surface area contributed by atoms with Crippen molar-refractivity contribution in [2.24, 2.45) is 0 Å². The van der Waals surface area contributed by atoms with Crippen LogP contribution >= 0.6 is 7.82 Å². The molecule has 1 fully saturated rings. The smallest absolute Gasteiger partial charge is 0.480 e. The van der Waals surface area contributed by atoms with E-state index in [1.165, 1.54) is 141 Å². The molecule has 2 atom stereocenters. The summed E-state index contributed by atoms with van der Waals surface area (Å²) in [6, 6.07) is 0. The van der Waals surface area contributed by atoms with E-state index in [2.05, 4.69) is 24.5 Å². The average molecular weight is 1400 g/mol. The van der Waals surface area contributed by atoms with Crippen molar-refractivity contribution in [3.05, 3.63) is 0 Å². The van der Waals surface area contributed by atoms with E-state index in [9.17, 15) is 58.3 Å². The maximum absolute atomic E-state index is 13.0. The molecular formula is C63H119GdN6O16P+3. The first-order valence-corrected chi connectivity index (χ1v) is 35.1. The molecule has 0 bridgehead atoms. The van der Waals surface area contributed by atoms with Gasteiger partial charge in [0.1, 0.15) is 6.61 Å². The minimum Gasteiger partial charge on any atom is -0.480 e. The van der Waals surface area contributed by atoms with Gasteiger partial charge in [0, 0.05) is 84.7 Å². The Morgan fingerprint density at radius 3 is 1.10 bits per heavy atom. The van der Waals surface area contributed by atoms with Crippen molar-refractivity contribution in [1.82, 2.24) is 30.2 Å². The normalized spacial score (nSPS) is 15.1. The molecule has 0 spiro atoms. The molecule has 1 aliphatic heterocycles. The van der Waals surface area contributed by atoms with E-state index in [0.29, 0.717) is 64.8 Å². The van der Waals surface area contributed by atoms with Crippen LogP contribution in [0.25, 0.3) is 0 Å². The second-order valence-electron chi connectivity index (χ2n) is 23.6. The average Bonchev–Trinajstić information content (AvgIpc) is 3.63. The fraction of sp³-hybridized carbons (Fsp3) is 0.889. The fourth-order valence-corrected chi connectivity index (χ4v) is 11.2. The zero-order valence-electron chi connectivity index (χ0n) is 53.8. The molecule has 507 valence electrons. The molecular weight excluding hydrogens is 1280 g/mol. The Bertz CT molecular complexity index is 1800. The Morgan fingerprint density at radius 1 is 0.402 bits per heavy atom. The minimum absolute atomic E-state index is 0. The van der Waals surface area contributed by atoms with E-state index < -0.39 is 50.4 Å². The second kappa shape index (κ2) is 58.6. The number of carboxylic acids is 3. The Labute approximate surface area is 555 Å². The summed E-state index contributed by atoms with van der Waals surface area (Å²) in [5.41, 5.74) is 0. The van der Waals surface area contributed by atoms with Gasteiger partial charge in [-0.05, 0) is 25.7 Å². The van der Waals surface area contributed by atoms with Crippen molar-refractivity contribution in [3.63, 3.8) is 0 Å². The van der Waals surface area contributed by atoms with Crippen molar-refractivity contribution in [3.8, 4) is 0 Å².